The average molecular weight is 273 g/mol. The topological polar surface area (TPSA) is 9.23 Å². The smallest absolute Gasteiger partial charge is 0.457 e. The normalized spacial score (nSPS) is 9.40. The summed E-state index contributed by atoms with van der Waals surface area (Å²) in [5, 5.41) is 0. The average Bonchev–Trinajstić information content (AvgIpc) is 2.31. The van der Waals surface area contributed by atoms with Crippen molar-refractivity contribution in [2.45, 2.75) is 0 Å². The van der Waals surface area contributed by atoms with Crippen molar-refractivity contribution in [2.24, 2.45) is 0 Å². The molecule has 3 heteroatoms. The SMILES string of the molecule is [Br][Mg][c]1cccc(Oc2ccccc2)c1. The number of rotatable bonds is 3. The zero-order valence-electron chi connectivity index (χ0n) is 8.19. The molecule has 0 atom stereocenters. The van der Waals surface area contributed by atoms with Crippen LogP contribution in [0.15, 0.2) is 54.6 Å². The minimum Gasteiger partial charge on any atom is -0.457 e. The number of para-hydroxylation sites is 1. The summed E-state index contributed by atoms with van der Waals surface area (Å²) in [6.45, 7) is 0. The second-order valence-electron chi connectivity index (χ2n) is 3.20. The van der Waals surface area contributed by atoms with Gasteiger partial charge in [-0.3, -0.25) is 12.9 Å². The zero-order valence-corrected chi connectivity index (χ0v) is 11.2. The minimum absolute atomic E-state index is 0.287. The molecule has 0 fully saturated rings. The Morgan fingerprint density at radius 2 is 1.60 bits per heavy atom. The molecule has 0 N–H and O–H groups in total. The van der Waals surface area contributed by atoms with Gasteiger partial charge in [0, 0.05) is 0 Å². The van der Waals surface area contributed by atoms with Gasteiger partial charge in [-0.15, -0.1) is 3.69 Å². The van der Waals surface area contributed by atoms with Crippen LogP contribution in [0.1, 0.15) is 0 Å². The summed E-state index contributed by atoms with van der Waals surface area (Å²) < 4.78 is 7.07. The van der Waals surface area contributed by atoms with Crippen LogP contribution >= 0.6 is 12.9 Å². The van der Waals surface area contributed by atoms with E-state index in [1.807, 2.05) is 42.5 Å². The Bertz CT molecular complexity index is 431. The molecule has 2 aromatic carbocycles. The summed E-state index contributed by atoms with van der Waals surface area (Å²) >= 11 is 3.27. The van der Waals surface area contributed by atoms with Gasteiger partial charge in [-0.2, -0.15) is 0 Å². The third-order valence-electron chi connectivity index (χ3n) is 2.03. The van der Waals surface area contributed by atoms with E-state index in [0.717, 1.165) is 11.5 Å². The van der Waals surface area contributed by atoms with Crippen LogP contribution in [-0.2, 0) is 0 Å². The summed E-state index contributed by atoms with van der Waals surface area (Å²) in [6, 6.07) is 18.1. The molecular formula is C12H9BrMgO. The Hall–Kier alpha value is -0.514. The first-order chi connectivity index (χ1) is 7.38. The highest BCUT2D eigenvalue weighted by atomic mass is 79.9. The third-order valence-corrected chi connectivity index (χ3v) is 4.72. The second kappa shape index (κ2) is 5.54. The van der Waals surface area contributed by atoms with E-state index in [2.05, 4.69) is 25.0 Å². The molecule has 2 aromatic rings. The Morgan fingerprint density at radius 1 is 0.867 bits per heavy atom. The number of ether oxygens (including phenoxy) is 1. The fourth-order valence-corrected chi connectivity index (χ4v) is 2.87. The number of halogens is 1. The molecule has 0 aliphatic heterocycles. The van der Waals surface area contributed by atoms with Crippen molar-refractivity contribution in [3.63, 3.8) is 0 Å². The maximum Gasteiger partial charge on any atom is 0.506 e. The van der Waals surface area contributed by atoms with Crippen LogP contribution in [0.5, 0.6) is 11.5 Å². The van der Waals surface area contributed by atoms with Gasteiger partial charge in [-0.05, 0) is 24.3 Å². The highest BCUT2D eigenvalue weighted by molar-refractivity contribution is 9.23. The molecule has 0 aromatic heterocycles. The summed E-state index contributed by atoms with van der Waals surface area (Å²) in [5.74, 6) is 1.79. The fourth-order valence-electron chi connectivity index (χ4n) is 1.32. The molecule has 72 valence electrons. The van der Waals surface area contributed by atoms with Crippen molar-refractivity contribution >= 4 is 34.8 Å². The molecular weight excluding hydrogens is 264 g/mol. The predicted molar refractivity (Wildman–Crippen MR) is 67.3 cm³/mol. The molecule has 0 aliphatic carbocycles. The van der Waals surface area contributed by atoms with Crippen molar-refractivity contribution in [2.75, 3.05) is 0 Å². The maximum absolute atomic E-state index is 5.72. The molecule has 1 nitrogen and oxygen atoms in total. The van der Waals surface area contributed by atoms with E-state index < -0.39 is 0 Å². The van der Waals surface area contributed by atoms with E-state index in [9.17, 15) is 0 Å². The Labute approximate surface area is 105 Å². The zero-order chi connectivity index (χ0) is 10.5. The first kappa shape index (κ1) is 11.0. The quantitative estimate of drug-likeness (QED) is 0.781. The van der Waals surface area contributed by atoms with Crippen LogP contribution in [0.3, 0.4) is 0 Å². The Balaban J connectivity index is 2.17. The number of benzene rings is 2. The lowest BCUT2D eigenvalue weighted by molar-refractivity contribution is 0.483. The molecule has 0 heterocycles. The lowest BCUT2D eigenvalue weighted by atomic mass is 10.3. The lowest BCUT2D eigenvalue weighted by Gasteiger charge is -2.06. The van der Waals surface area contributed by atoms with Crippen LogP contribution in [0, 0.1) is 0 Å². The van der Waals surface area contributed by atoms with Crippen molar-refractivity contribution < 1.29 is 4.74 Å². The van der Waals surface area contributed by atoms with Gasteiger partial charge in [-0.1, -0.05) is 30.3 Å². The van der Waals surface area contributed by atoms with E-state index in [4.69, 9.17) is 4.74 Å². The standard InChI is InChI=1S/C12H9O.BrH.Mg/c1-3-7-11(8-4-1)13-12-9-5-2-6-10-12;;/h1-5,7-10H;1H;/q;;+1/p-1. The van der Waals surface area contributed by atoms with Crippen LogP contribution in [-0.4, -0.2) is 18.2 Å². The lowest BCUT2D eigenvalue weighted by Crippen LogP contribution is -2.06. The Morgan fingerprint density at radius 3 is 2.33 bits per heavy atom. The number of hydrogen-bond acceptors (Lipinski definition) is 1. The monoisotopic (exact) mass is 272 g/mol. The van der Waals surface area contributed by atoms with E-state index in [0.29, 0.717) is 0 Å². The van der Waals surface area contributed by atoms with E-state index >= 15 is 0 Å². The van der Waals surface area contributed by atoms with Crippen molar-refractivity contribution in [3.8, 4) is 11.5 Å². The van der Waals surface area contributed by atoms with Crippen molar-refractivity contribution in [3.05, 3.63) is 54.6 Å². The highest BCUT2D eigenvalue weighted by Gasteiger charge is 1.99. The van der Waals surface area contributed by atoms with Gasteiger partial charge in [0.15, 0.2) is 0 Å². The molecule has 2 rings (SSSR count). The van der Waals surface area contributed by atoms with E-state index in [-0.39, 0.29) is 18.2 Å². The third kappa shape index (κ3) is 3.23. The van der Waals surface area contributed by atoms with Gasteiger partial charge in [-0.25, -0.2) is 0 Å². The summed E-state index contributed by atoms with van der Waals surface area (Å²) in [6.07, 6.45) is 0. The molecule has 0 amide bonds. The molecule has 0 aliphatic rings. The molecule has 0 bridgehead atoms. The summed E-state index contributed by atoms with van der Waals surface area (Å²) in [7, 11) is 0. The van der Waals surface area contributed by atoms with E-state index in [1.54, 1.807) is 0 Å². The van der Waals surface area contributed by atoms with Crippen LogP contribution in [0.25, 0.3) is 0 Å². The van der Waals surface area contributed by atoms with Gasteiger partial charge in [0.05, 0.1) is 0 Å². The van der Waals surface area contributed by atoms with Crippen molar-refractivity contribution in [1.29, 1.82) is 0 Å². The van der Waals surface area contributed by atoms with E-state index in [1.165, 1.54) is 3.69 Å². The summed E-state index contributed by atoms with van der Waals surface area (Å²) in [4.78, 5) is 0. The highest BCUT2D eigenvalue weighted by Crippen LogP contribution is 2.19. The molecule has 0 saturated carbocycles. The van der Waals surface area contributed by atoms with Crippen LogP contribution in [0.2, 0.25) is 0 Å². The van der Waals surface area contributed by atoms with Crippen molar-refractivity contribution in [1.82, 2.24) is 0 Å². The van der Waals surface area contributed by atoms with Crippen LogP contribution < -0.4 is 8.43 Å². The molecule has 15 heavy (non-hydrogen) atoms. The second-order valence-corrected chi connectivity index (χ2v) is 5.96. The molecule has 0 saturated heterocycles. The van der Waals surface area contributed by atoms with Gasteiger partial charge in [0.1, 0.15) is 11.5 Å². The molecule has 0 unspecified atom stereocenters. The predicted octanol–water partition coefficient (Wildman–Crippen LogP) is 3.12. The number of hydrogen-bond donors (Lipinski definition) is 0. The van der Waals surface area contributed by atoms with Crippen LogP contribution in [0.4, 0.5) is 0 Å². The van der Waals surface area contributed by atoms with Gasteiger partial charge >= 0.3 is 18.2 Å². The summed E-state index contributed by atoms with van der Waals surface area (Å²) in [5.41, 5.74) is 0. The maximum atomic E-state index is 5.72. The molecule has 0 spiro atoms. The largest absolute Gasteiger partial charge is 0.506 e. The van der Waals surface area contributed by atoms with Gasteiger partial charge in [0.25, 0.3) is 0 Å². The minimum atomic E-state index is -0.287. The first-order valence-corrected chi connectivity index (χ1v) is 9.37. The Kier molecular flexibility index (Phi) is 4.06. The van der Waals surface area contributed by atoms with Gasteiger partial charge in [0.2, 0.25) is 0 Å². The molecule has 0 radical (unpaired) electrons. The fraction of sp³-hybridized carbons (Fsp3) is 0. The first-order valence-electron chi connectivity index (χ1n) is 4.76. The van der Waals surface area contributed by atoms with Gasteiger partial charge < -0.3 is 4.74 Å².